The summed E-state index contributed by atoms with van der Waals surface area (Å²) >= 11 is 1.07. The molecule has 3 heterocycles. The van der Waals surface area contributed by atoms with Crippen LogP contribution >= 0.6 is 11.3 Å². The lowest BCUT2D eigenvalue weighted by Gasteiger charge is -2.25. The molecule has 1 fully saturated rings. The smallest absolute Gasteiger partial charge is 0.396 e. The van der Waals surface area contributed by atoms with E-state index in [4.69, 9.17) is 23.0 Å². The van der Waals surface area contributed by atoms with E-state index in [9.17, 15) is 24.0 Å². The van der Waals surface area contributed by atoms with E-state index in [1.54, 1.807) is 13.8 Å². The normalized spacial score (nSPS) is 17.6. The summed E-state index contributed by atoms with van der Waals surface area (Å²) in [6.45, 7) is 4.65. The summed E-state index contributed by atoms with van der Waals surface area (Å²) < 4.78 is 25.6. The zero-order valence-electron chi connectivity index (χ0n) is 25.6. The second kappa shape index (κ2) is 14.7. The number of ketones is 1. The summed E-state index contributed by atoms with van der Waals surface area (Å²) in [6, 6.07) is 7.11. The lowest BCUT2D eigenvalue weighted by Crippen LogP contribution is -2.56. The first kappa shape index (κ1) is 33.7. The van der Waals surface area contributed by atoms with Crippen molar-refractivity contribution < 1.29 is 42.2 Å². The maximum atomic E-state index is 13.7. The number of epoxide rings is 1. The highest BCUT2D eigenvalue weighted by Gasteiger charge is 2.50. The van der Waals surface area contributed by atoms with Crippen molar-refractivity contribution in [1.82, 2.24) is 20.9 Å². The molecule has 1 aromatic carbocycles. The van der Waals surface area contributed by atoms with Gasteiger partial charge in [0.05, 0.1) is 43.1 Å². The zero-order chi connectivity index (χ0) is 32.7. The molecule has 4 rings (SSSR count). The molecule has 4 atom stereocenters. The predicted octanol–water partition coefficient (Wildman–Crippen LogP) is 1.18. The number of rotatable bonds is 16. The van der Waals surface area contributed by atoms with Gasteiger partial charge in [-0.3, -0.25) is 19.2 Å². The highest BCUT2D eigenvalue weighted by Crippen LogP contribution is 2.29. The molecule has 1 saturated heterocycles. The number of benzene rings is 1. The number of carbonyl (C=O) groups excluding carboxylic acids is 4. The fraction of sp³-hybridized carbons (Fsp3) is 0.467. The van der Waals surface area contributed by atoms with Crippen LogP contribution in [0, 0.1) is 13.8 Å². The minimum Gasteiger partial charge on any atom is -0.396 e. The molecule has 15 heteroatoms. The Kier molecular flexibility index (Phi) is 11.0. The monoisotopic (exact) mass is 644 g/mol. The van der Waals surface area contributed by atoms with E-state index in [2.05, 4.69) is 20.9 Å². The van der Waals surface area contributed by atoms with Crippen molar-refractivity contribution in [2.75, 3.05) is 34.0 Å². The van der Waals surface area contributed by atoms with Gasteiger partial charge in [0.25, 0.3) is 5.91 Å². The molecular formula is C30H36N4O10S. The van der Waals surface area contributed by atoms with Gasteiger partial charge in [-0.2, -0.15) is 0 Å². The Morgan fingerprint density at radius 3 is 2.27 bits per heavy atom. The second-order valence-corrected chi connectivity index (χ2v) is 11.9. The molecule has 0 aliphatic carbocycles. The highest BCUT2D eigenvalue weighted by molar-refractivity contribution is 7.13. The number of carbonyl (C=O) groups is 4. The molecule has 1 aliphatic rings. The lowest BCUT2D eigenvalue weighted by atomic mass is 9.94. The maximum Gasteiger partial charge on any atom is 0.519 e. The molecule has 3 N–H and O–H groups in total. The summed E-state index contributed by atoms with van der Waals surface area (Å²) in [4.78, 5) is 69.6. The van der Waals surface area contributed by atoms with Crippen LogP contribution in [-0.2, 0) is 41.6 Å². The van der Waals surface area contributed by atoms with Crippen molar-refractivity contribution in [3.63, 3.8) is 0 Å². The summed E-state index contributed by atoms with van der Waals surface area (Å²) in [6.07, 6.45) is 0.225. The Labute approximate surface area is 262 Å². The van der Waals surface area contributed by atoms with E-state index < -0.39 is 47.1 Å². The fourth-order valence-corrected chi connectivity index (χ4v) is 5.53. The van der Waals surface area contributed by atoms with Crippen LogP contribution in [0.15, 0.2) is 44.0 Å². The third-order valence-corrected chi connectivity index (χ3v) is 8.16. The number of thiazole rings is 1. The number of Topliss-reactive ketones (excluding diaryl/α,β-unsaturated/α-hetero) is 1. The zero-order valence-corrected chi connectivity index (χ0v) is 26.4. The standard InChI is InChI=1S/C30H36N4O10S/c1-16-22(44-29(39)43-16)12-31-28(38)24-23(32-17(2)45-24)19(13-40-4)26(36)34-21(14-41-5)27(37)33-20(25(35)30(3)15-42-30)11-18-9-7-6-8-10-18/h6-10,19-21H,11-15H2,1-5H3,(H,31,38)(H,33,37)(H,34,36)/t19-,20+,21+,30-/m1/s1. The second-order valence-electron chi connectivity index (χ2n) is 10.7. The average molecular weight is 645 g/mol. The molecular weight excluding hydrogens is 608 g/mol. The van der Waals surface area contributed by atoms with E-state index >= 15 is 0 Å². The number of nitrogens with one attached hydrogen (secondary N) is 3. The first-order valence-electron chi connectivity index (χ1n) is 14.1. The molecule has 1 aliphatic heterocycles. The number of methoxy groups -OCH3 is 2. The molecule has 0 spiro atoms. The quantitative estimate of drug-likeness (QED) is 0.190. The van der Waals surface area contributed by atoms with Crippen molar-refractivity contribution in [3.05, 3.63) is 73.6 Å². The SMILES string of the molecule is COC[C@H](NC(=O)[C@H](COC)c1nc(C)sc1C(=O)NCc1oc(=O)oc1C)C(=O)N[C@@H](Cc1ccccc1)C(=O)[C@@]1(C)CO1. The van der Waals surface area contributed by atoms with Gasteiger partial charge in [-0.15, -0.1) is 11.3 Å². The number of hydrogen-bond acceptors (Lipinski definition) is 12. The van der Waals surface area contributed by atoms with Gasteiger partial charge in [0.2, 0.25) is 11.8 Å². The van der Waals surface area contributed by atoms with Crippen molar-refractivity contribution in [2.45, 2.75) is 57.3 Å². The van der Waals surface area contributed by atoms with E-state index in [1.165, 1.54) is 21.1 Å². The summed E-state index contributed by atoms with van der Waals surface area (Å²) in [5.41, 5.74) is -0.00729. The van der Waals surface area contributed by atoms with Crippen LogP contribution in [-0.4, -0.2) is 80.2 Å². The van der Waals surface area contributed by atoms with Crippen molar-refractivity contribution in [2.24, 2.45) is 0 Å². The summed E-state index contributed by atoms with van der Waals surface area (Å²) in [7, 11) is 2.77. The average Bonchev–Trinajstić information content (AvgIpc) is 3.51. The molecule has 0 unspecified atom stereocenters. The molecule has 0 radical (unpaired) electrons. The number of nitrogens with zero attached hydrogens (tertiary/aromatic N) is 1. The van der Waals surface area contributed by atoms with Gasteiger partial charge in [0.1, 0.15) is 28.2 Å². The summed E-state index contributed by atoms with van der Waals surface area (Å²) in [5, 5.41) is 8.61. The van der Waals surface area contributed by atoms with Crippen LogP contribution in [0.4, 0.5) is 0 Å². The molecule has 242 valence electrons. The summed E-state index contributed by atoms with van der Waals surface area (Å²) in [5.74, 6) is -3.70. The fourth-order valence-electron chi connectivity index (χ4n) is 4.64. The van der Waals surface area contributed by atoms with Crippen LogP contribution in [0.5, 0.6) is 0 Å². The molecule has 3 amide bonds. The number of aromatic nitrogens is 1. The van der Waals surface area contributed by atoms with Gasteiger partial charge in [-0.25, -0.2) is 9.78 Å². The van der Waals surface area contributed by atoms with Gasteiger partial charge < -0.3 is 39.0 Å². The third-order valence-electron chi connectivity index (χ3n) is 7.17. The number of ether oxygens (including phenoxy) is 3. The van der Waals surface area contributed by atoms with Crippen LogP contribution < -0.4 is 21.8 Å². The van der Waals surface area contributed by atoms with Crippen molar-refractivity contribution in [1.29, 1.82) is 0 Å². The van der Waals surface area contributed by atoms with E-state index in [0.717, 1.165) is 16.9 Å². The minimum absolute atomic E-state index is 0.128. The first-order valence-corrected chi connectivity index (χ1v) is 14.9. The maximum absolute atomic E-state index is 13.7. The molecule has 0 bridgehead atoms. The van der Waals surface area contributed by atoms with Gasteiger partial charge in [-0.05, 0) is 32.8 Å². The molecule has 45 heavy (non-hydrogen) atoms. The van der Waals surface area contributed by atoms with Gasteiger partial charge >= 0.3 is 5.82 Å². The van der Waals surface area contributed by atoms with E-state index in [-0.39, 0.29) is 60.7 Å². The molecule has 0 saturated carbocycles. The number of hydrogen-bond donors (Lipinski definition) is 3. The van der Waals surface area contributed by atoms with E-state index in [0.29, 0.717) is 5.01 Å². The van der Waals surface area contributed by atoms with Crippen molar-refractivity contribution >= 4 is 34.8 Å². The van der Waals surface area contributed by atoms with Gasteiger partial charge in [0.15, 0.2) is 11.5 Å². The van der Waals surface area contributed by atoms with Crippen LogP contribution in [0.3, 0.4) is 0 Å². The minimum atomic E-state index is -1.19. The van der Waals surface area contributed by atoms with Crippen molar-refractivity contribution in [3.8, 4) is 0 Å². The number of aryl methyl sites for hydroxylation is 2. The first-order chi connectivity index (χ1) is 21.4. The Hall–Kier alpha value is -4.18. The van der Waals surface area contributed by atoms with E-state index in [1.807, 2.05) is 30.3 Å². The Morgan fingerprint density at radius 1 is 1.00 bits per heavy atom. The highest BCUT2D eigenvalue weighted by atomic mass is 32.1. The molecule has 2 aromatic heterocycles. The Bertz CT molecular complexity index is 1580. The lowest BCUT2D eigenvalue weighted by molar-refractivity contribution is -0.134. The van der Waals surface area contributed by atoms with Gasteiger partial charge in [0, 0.05) is 14.2 Å². The van der Waals surface area contributed by atoms with Crippen LogP contribution in [0.1, 0.15) is 50.3 Å². The Balaban J connectivity index is 1.51. The topological polar surface area (TPSA) is 192 Å². The third kappa shape index (κ3) is 8.51. The number of amides is 3. The molecule has 3 aromatic rings. The van der Waals surface area contributed by atoms with Crippen LogP contribution in [0.2, 0.25) is 0 Å². The van der Waals surface area contributed by atoms with Crippen LogP contribution in [0.25, 0.3) is 0 Å². The Morgan fingerprint density at radius 2 is 1.67 bits per heavy atom. The molecule has 14 nitrogen and oxygen atoms in total. The largest absolute Gasteiger partial charge is 0.519 e. The van der Waals surface area contributed by atoms with Gasteiger partial charge in [-0.1, -0.05) is 30.3 Å². The predicted molar refractivity (Wildman–Crippen MR) is 160 cm³/mol.